The van der Waals surface area contributed by atoms with Gasteiger partial charge < -0.3 is 24.9 Å². The lowest BCUT2D eigenvalue weighted by atomic mass is 9.92. The van der Waals surface area contributed by atoms with Crippen molar-refractivity contribution < 1.29 is 14.1 Å². The summed E-state index contributed by atoms with van der Waals surface area (Å²) >= 11 is 0. The fourth-order valence-electron chi connectivity index (χ4n) is 3.87. The van der Waals surface area contributed by atoms with E-state index in [0.717, 1.165) is 42.5 Å². The van der Waals surface area contributed by atoms with E-state index in [-0.39, 0.29) is 12.0 Å². The highest BCUT2D eigenvalue weighted by molar-refractivity contribution is 5.87. The Hall–Kier alpha value is -2.90. The minimum atomic E-state index is -0.491. The van der Waals surface area contributed by atoms with Crippen LogP contribution in [0.4, 0.5) is 10.5 Å². The first-order chi connectivity index (χ1) is 14.8. The lowest BCUT2D eigenvalue weighted by Gasteiger charge is -2.32. The van der Waals surface area contributed by atoms with E-state index in [1.165, 1.54) is 12.6 Å². The van der Waals surface area contributed by atoms with E-state index in [4.69, 9.17) is 14.7 Å². The average Bonchev–Trinajstić information content (AvgIpc) is 3.19. The molecule has 2 aromatic rings. The third-order valence-corrected chi connectivity index (χ3v) is 5.87. The number of piperidine rings is 1. The smallest absolute Gasteiger partial charge is 0.410 e. The van der Waals surface area contributed by atoms with Crippen LogP contribution in [0.2, 0.25) is 0 Å². The molecule has 8 heteroatoms. The summed E-state index contributed by atoms with van der Waals surface area (Å²) < 4.78 is 11.0. The molecule has 2 aliphatic rings. The molecule has 1 aliphatic carbocycles. The molecule has 1 aliphatic heterocycles. The van der Waals surface area contributed by atoms with Gasteiger partial charge in [0.1, 0.15) is 5.60 Å². The largest absolute Gasteiger partial charge is 0.444 e. The Morgan fingerprint density at radius 3 is 2.61 bits per heavy atom. The van der Waals surface area contributed by atoms with Gasteiger partial charge in [-0.1, -0.05) is 17.3 Å². The fourth-order valence-corrected chi connectivity index (χ4v) is 3.87. The molecular formula is C23H31N5O3. The van der Waals surface area contributed by atoms with Gasteiger partial charge in [0.2, 0.25) is 11.7 Å². The van der Waals surface area contributed by atoms with Crippen LogP contribution in [0.5, 0.6) is 0 Å². The lowest BCUT2D eigenvalue weighted by Crippen LogP contribution is -2.41. The molecule has 0 atom stereocenters. The number of ether oxygens (including phenoxy) is 1. The van der Waals surface area contributed by atoms with E-state index in [2.05, 4.69) is 15.5 Å². The van der Waals surface area contributed by atoms with Crippen molar-refractivity contribution in [2.75, 3.05) is 18.4 Å². The van der Waals surface area contributed by atoms with Gasteiger partial charge in [0, 0.05) is 48.1 Å². The fraction of sp³-hybridized carbons (Fsp3) is 0.565. The quantitative estimate of drug-likeness (QED) is 0.666. The Morgan fingerprint density at radius 1 is 1.26 bits per heavy atom. The van der Waals surface area contributed by atoms with Gasteiger partial charge in [-0.05, 0) is 58.9 Å². The molecule has 2 N–H and O–H groups in total. The molecule has 1 saturated heterocycles. The molecule has 2 heterocycles. The minimum absolute atomic E-state index is 0.133. The number of nitrogens with one attached hydrogen (secondary N) is 2. The first-order valence-corrected chi connectivity index (χ1v) is 11.1. The van der Waals surface area contributed by atoms with Crippen molar-refractivity contribution in [1.82, 2.24) is 15.0 Å². The first-order valence-electron chi connectivity index (χ1n) is 11.1. The molecular weight excluding hydrogens is 394 g/mol. The molecule has 1 aromatic carbocycles. The maximum atomic E-state index is 12.3. The Labute approximate surface area is 182 Å². The number of hydrogen-bond acceptors (Lipinski definition) is 7. The number of aromatic nitrogens is 2. The van der Waals surface area contributed by atoms with Crippen LogP contribution in [0.3, 0.4) is 0 Å². The molecule has 166 valence electrons. The SMILES string of the molecule is CC(C)(C)OC(=O)N1CCC(c2nc(-c3ccc(C=N)c(NC4CCC4)c3)no2)CC1. The summed E-state index contributed by atoms with van der Waals surface area (Å²) in [4.78, 5) is 18.7. The van der Waals surface area contributed by atoms with Crippen molar-refractivity contribution in [1.29, 1.82) is 5.41 Å². The topological polar surface area (TPSA) is 104 Å². The zero-order valence-corrected chi connectivity index (χ0v) is 18.5. The monoisotopic (exact) mass is 425 g/mol. The second kappa shape index (κ2) is 8.69. The number of carbonyl (C=O) groups is 1. The van der Waals surface area contributed by atoms with Crippen molar-refractivity contribution >= 4 is 18.0 Å². The molecule has 31 heavy (non-hydrogen) atoms. The van der Waals surface area contributed by atoms with Crippen molar-refractivity contribution in [3.8, 4) is 11.4 Å². The van der Waals surface area contributed by atoms with Crippen LogP contribution in [0.25, 0.3) is 11.4 Å². The van der Waals surface area contributed by atoms with Crippen molar-refractivity contribution in [2.45, 2.75) is 70.4 Å². The maximum Gasteiger partial charge on any atom is 0.410 e. The van der Waals surface area contributed by atoms with Crippen LogP contribution in [-0.4, -0.2) is 52.1 Å². The summed E-state index contributed by atoms with van der Waals surface area (Å²) in [5.41, 5.74) is 2.17. The summed E-state index contributed by atoms with van der Waals surface area (Å²) in [5.74, 6) is 1.30. The molecule has 8 nitrogen and oxygen atoms in total. The van der Waals surface area contributed by atoms with Gasteiger partial charge in [-0.25, -0.2) is 4.79 Å². The predicted molar refractivity (Wildman–Crippen MR) is 119 cm³/mol. The summed E-state index contributed by atoms with van der Waals surface area (Å²) in [7, 11) is 0. The number of benzene rings is 1. The summed E-state index contributed by atoms with van der Waals surface area (Å²) in [6.45, 7) is 6.85. The lowest BCUT2D eigenvalue weighted by molar-refractivity contribution is 0.0198. The average molecular weight is 426 g/mol. The number of nitrogens with zero attached hydrogens (tertiary/aromatic N) is 3. The molecule has 0 spiro atoms. The Kier molecular flexibility index (Phi) is 5.98. The zero-order chi connectivity index (χ0) is 22.0. The second-order valence-corrected chi connectivity index (χ2v) is 9.42. The summed E-state index contributed by atoms with van der Waals surface area (Å²) in [6.07, 6.45) is 6.20. The van der Waals surface area contributed by atoms with Crippen LogP contribution < -0.4 is 5.32 Å². The third-order valence-electron chi connectivity index (χ3n) is 5.87. The number of likely N-dealkylation sites (tertiary alicyclic amines) is 1. The second-order valence-electron chi connectivity index (χ2n) is 9.42. The third kappa shape index (κ3) is 5.06. The molecule has 1 saturated carbocycles. The predicted octanol–water partition coefficient (Wildman–Crippen LogP) is 4.81. The van der Waals surface area contributed by atoms with Gasteiger partial charge in [-0.3, -0.25) is 0 Å². The highest BCUT2D eigenvalue weighted by Gasteiger charge is 2.30. The normalized spacial score (nSPS) is 17.8. The first kappa shape index (κ1) is 21.3. The van der Waals surface area contributed by atoms with Gasteiger partial charge in [0.05, 0.1) is 0 Å². The van der Waals surface area contributed by atoms with E-state index in [0.29, 0.717) is 30.8 Å². The Morgan fingerprint density at radius 2 is 2.00 bits per heavy atom. The highest BCUT2D eigenvalue weighted by atomic mass is 16.6. The molecule has 4 rings (SSSR count). The standard InChI is InChI=1S/C23H31N5O3/c1-23(2,3)30-22(29)28-11-9-15(10-12-28)21-26-20(27-31-21)16-7-8-17(14-24)19(13-16)25-18-5-4-6-18/h7-8,13-15,18,24-25H,4-6,9-12H2,1-3H3. The van der Waals surface area contributed by atoms with Gasteiger partial charge >= 0.3 is 6.09 Å². The van der Waals surface area contributed by atoms with E-state index >= 15 is 0 Å². The van der Waals surface area contributed by atoms with Gasteiger partial charge in [0.25, 0.3) is 0 Å². The van der Waals surface area contributed by atoms with E-state index in [1.54, 1.807) is 4.90 Å². The number of amides is 1. The molecule has 2 fully saturated rings. The number of hydrogen-bond donors (Lipinski definition) is 2. The molecule has 0 bridgehead atoms. The van der Waals surface area contributed by atoms with Gasteiger partial charge in [-0.15, -0.1) is 0 Å². The molecule has 1 aromatic heterocycles. The zero-order valence-electron chi connectivity index (χ0n) is 18.5. The number of anilines is 1. The van der Waals surface area contributed by atoms with Crippen LogP contribution in [-0.2, 0) is 4.74 Å². The van der Waals surface area contributed by atoms with Crippen molar-refractivity contribution in [2.24, 2.45) is 0 Å². The summed E-state index contributed by atoms with van der Waals surface area (Å²) in [5, 5.41) is 15.4. The van der Waals surface area contributed by atoms with Crippen LogP contribution in [0, 0.1) is 5.41 Å². The minimum Gasteiger partial charge on any atom is -0.444 e. The number of rotatable bonds is 5. The highest BCUT2D eigenvalue weighted by Crippen LogP contribution is 2.31. The van der Waals surface area contributed by atoms with Crippen molar-refractivity contribution in [3.63, 3.8) is 0 Å². The summed E-state index contributed by atoms with van der Waals surface area (Å²) in [6, 6.07) is 6.31. The van der Waals surface area contributed by atoms with E-state index < -0.39 is 5.60 Å². The van der Waals surface area contributed by atoms with Crippen LogP contribution in [0.15, 0.2) is 22.7 Å². The maximum absolute atomic E-state index is 12.3. The van der Waals surface area contributed by atoms with Gasteiger partial charge in [-0.2, -0.15) is 4.98 Å². The molecule has 1 amide bonds. The molecule has 0 radical (unpaired) electrons. The molecule has 0 unspecified atom stereocenters. The Balaban J connectivity index is 1.41. The van der Waals surface area contributed by atoms with Crippen LogP contribution in [0.1, 0.15) is 70.2 Å². The number of carbonyl (C=O) groups excluding carboxylic acids is 1. The van der Waals surface area contributed by atoms with Gasteiger partial charge in [0.15, 0.2) is 0 Å². The van der Waals surface area contributed by atoms with Crippen LogP contribution >= 0.6 is 0 Å². The van der Waals surface area contributed by atoms with Crippen molar-refractivity contribution in [3.05, 3.63) is 29.7 Å². The Bertz CT molecular complexity index is 937. The van der Waals surface area contributed by atoms with E-state index in [9.17, 15) is 4.79 Å². The van der Waals surface area contributed by atoms with E-state index in [1.807, 2.05) is 39.0 Å².